The molecular formula is C13H24N2S. The molecule has 1 aromatic rings. The van der Waals surface area contributed by atoms with E-state index in [1.165, 1.54) is 11.4 Å². The van der Waals surface area contributed by atoms with Crippen molar-refractivity contribution in [1.82, 2.24) is 10.3 Å². The minimum atomic E-state index is 0.328. The molecule has 0 aliphatic rings. The molecule has 1 heterocycles. The van der Waals surface area contributed by atoms with Gasteiger partial charge in [0.15, 0.2) is 0 Å². The van der Waals surface area contributed by atoms with Crippen LogP contribution in [0.4, 0.5) is 0 Å². The molecule has 0 amide bonds. The highest BCUT2D eigenvalue weighted by molar-refractivity contribution is 7.09. The van der Waals surface area contributed by atoms with E-state index in [0.29, 0.717) is 11.5 Å². The molecule has 0 bridgehead atoms. The summed E-state index contributed by atoms with van der Waals surface area (Å²) in [5.41, 5.74) is 1.48. The number of rotatable bonds is 6. The Labute approximate surface area is 103 Å². The van der Waals surface area contributed by atoms with Gasteiger partial charge in [-0.3, -0.25) is 0 Å². The van der Waals surface area contributed by atoms with Gasteiger partial charge in [0.05, 0.1) is 5.01 Å². The molecule has 0 saturated carbocycles. The van der Waals surface area contributed by atoms with E-state index < -0.39 is 0 Å². The molecule has 92 valence electrons. The summed E-state index contributed by atoms with van der Waals surface area (Å²) in [7, 11) is 0. The fourth-order valence-corrected chi connectivity index (χ4v) is 2.60. The molecule has 0 spiro atoms. The van der Waals surface area contributed by atoms with Crippen LogP contribution >= 0.6 is 11.3 Å². The monoisotopic (exact) mass is 240 g/mol. The van der Waals surface area contributed by atoms with Crippen molar-refractivity contribution >= 4 is 11.3 Å². The van der Waals surface area contributed by atoms with Crippen LogP contribution in [0.5, 0.6) is 0 Å². The molecule has 2 nitrogen and oxygen atoms in total. The van der Waals surface area contributed by atoms with Crippen molar-refractivity contribution < 1.29 is 0 Å². The summed E-state index contributed by atoms with van der Waals surface area (Å²) in [6, 6.07) is 0.559. The largest absolute Gasteiger partial charge is 0.314 e. The zero-order chi connectivity index (χ0) is 12.2. The predicted octanol–water partition coefficient (Wildman–Crippen LogP) is 3.41. The molecule has 1 rings (SSSR count). The molecule has 3 heteroatoms. The van der Waals surface area contributed by atoms with Gasteiger partial charge in [-0.25, -0.2) is 4.98 Å². The van der Waals surface area contributed by atoms with Crippen molar-refractivity contribution in [1.29, 1.82) is 0 Å². The van der Waals surface area contributed by atoms with E-state index in [0.717, 1.165) is 18.7 Å². The number of nitrogens with zero attached hydrogens (tertiary/aromatic N) is 1. The molecule has 0 fully saturated rings. The summed E-state index contributed by atoms with van der Waals surface area (Å²) in [4.78, 5) is 4.56. The molecule has 1 N–H and O–H groups in total. The minimum Gasteiger partial charge on any atom is -0.314 e. The van der Waals surface area contributed by atoms with Crippen molar-refractivity contribution in [2.75, 3.05) is 6.54 Å². The summed E-state index contributed by atoms with van der Waals surface area (Å²) in [5, 5.41) is 6.95. The standard InChI is InChI=1S/C13H24N2S/c1-6-13(5,9-14-10(2)3)7-12-15-11(4)8-16-12/h8,10,14H,6-7,9H2,1-5H3. The highest BCUT2D eigenvalue weighted by Gasteiger charge is 2.24. The van der Waals surface area contributed by atoms with Crippen molar-refractivity contribution in [3.05, 3.63) is 16.1 Å². The Morgan fingerprint density at radius 1 is 1.50 bits per heavy atom. The fraction of sp³-hybridized carbons (Fsp3) is 0.769. The van der Waals surface area contributed by atoms with Crippen molar-refractivity contribution in [2.45, 2.75) is 53.5 Å². The maximum atomic E-state index is 4.56. The van der Waals surface area contributed by atoms with Gasteiger partial charge in [0.2, 0.25) is 0 Å². The van der Waals surface area contributed by atoms with Crippen LogP contribution in [0.2, 0.25) is 0 Å². The lowest BCUT2D eigenvalue weighted by Gasteiger charge is -2.28. The topological polar surface area (TPSA) is 24.9 Å². The third kappa shape index (κ3) is 4.22. The quantitative estimate of drug-likeness (QED) is 0.824. The number of thiazole rings is 1. The molecular weight excluding hydrogens is 216 g/mol. The third-order valence-electron chi connectivity index (χ3n) is 3.04. The van der Waals surface area contributed by atoms with Crippen LogP contribution in [0.15, 0.2) is 5.38 Å². The first-order chi connectivity index (χ1) is 7.45. The number of hydrogen-bond acceptors (Lipinski definition) is 3. The number of nitrogens with one attached hydrogen (secondary N) is 1. The van der Waals surface area contributed by atoms with Crippen LogP contribution in [-0.2, 0) is 6.42 Å². The van der Waals surface area contributed by atoms with E-state index in [1.807, 2.05) is 0 Å². The molecule has 0 radical (unpaired) electrons. The molecule has 0 aliphatic carbocycles. The molecule has 0 aromatic carbocycles. The molecule has 0 aliphatic heterocycles. The molecule has 1 atom stereocenters. The first-order valence-electron chi connectivity index (χ1n) is 6.09. The van der Waals surface area contributed by atoms with E-state index >= 15 is 0 Å². The summed E-state index contributed by atoms with van der Waals surface area (Å²) < 4.78 is 0. The summed E-state index contributed by atoms with van der Waals surface area (Å²) in [6.07, 6.45) is 2.27. The number of aromatic nitrogens is 1. The number of aryl methyl sites for hydroxylation is 1. The SMILES string of the molecule is CCC(C)(CNC(C)C)Cc1nc(C)cs1. The second kappa shape index (κ2) is 5.78. The van der Waals surface area contributed by atoms with Crippen LogP contribution in [0, 0.1) is 12.3 Å². The van der Waals surface area contributed by atoms with Crippen LogP contribution in [0.25, 0.3) is 0 Å². The van der Waals surface area contributed by atoms with Gasteiger partial charge in [-0.05, 0) is 18.8 Å². The summed E-state index contributed by atoms with van der Waals surface area (Å²) in [5.74, 6) is 0. The maximum absolute atomic E-state index is 4.56. The van der Waals surface area contributed by atoms with Gasteiger partial charge in [0.1, 0.15) is 0 Å². The Morgan fingerprint density at radius 2 is 2.19 bits per heavy atom. The van der Waals surface area contributed by atoms with Gasteiger partial charge in [0, 0.05) is 30.1 Å². The lowest BCUT2D eigenvalue weighted by molar-refractivity contribution is 0.281. The Bertz CT molecular complexity index is 319. The Balaban J connectivity index is 2.58. The first-order valence-corrected chi connectivity index (χ1v) is 6.97. The first kappa shape index (κ1) is 13.7. The second-order valence-corrected chi connectivity index (χ2v) is 6.20. The highest BCUT2D eigenvalue weighted by atomic mass is 32.1. The van der Waals surface area contributed by atoms with E-state index in [9.17, 15) is 0 Å². The summed E-state index contributed by atoms with van der Waals surface area (Å²) in [6.45, 7) is 12.1. The zero-order valence-electron chi connectivity index (χ0n) is 11.1. The van der Waals surface area contributed by atoms with E-state index in [2.05, 4.69) is 50.3 Å². The molecule has 16 heavy (non-hydrogen) atoms. The Morgan fingerprint density at radius 3 is 2.62 bits per heavy atom. The minimum absolute atomic E-state index is 0.328. The van der Waals surface area contributed by atoms with Gasteiger partial charge in [-0.2, -0.15) is 0 Å². The van der Waals surface area contributed by atoms with Gasteiger partial charge in [-0.15, -0.1) is 11.3 Å². The Kier molecular flexibility index (Phi) is 4.93. The smallest absolute Gasteiger partial charge is 0.0934 e. The lowest BCUT2D eigenvalue weighted by Crippen LogP contribution is -2.36. The molecule has 1 unspecified atom stereocenters. The van der Waals surface area contributed by atoms with E-state index in [4.69, 9.17) is 0 Å². The average molecular weight is 240 g/mol. The zero-order valence-corrected chi connectivity index (χ0v) is 11.9. The van der Waals surface area contributed by atoms with Crippen LogP contribution in [-0.4, -0.2) is 17.6 Å². The van der Waals surface area contributed by atoms with Crippen molar-refractivity contribution in [2.24, 2.45) is 5.41 Å². The lowest BCUT2D eigenvalue weighted by atomic mass is 9.84. The van der Waals surface area contributed by atoms with Crippen LogP contribution in [0.3, 0.4) is 0 Å². The summed E-state index contributed by atoms with van der Waals surface area (Å²) >= 11 is 1.79. The third-order valence-corrected chi connectivity index (χ3v) is 4.00. The maximum Gasteiger partial charge on any atom is 0.0934 e. The highest BCUT2D eigenvalue weighted by Crippen LogP contribution is 2.27. The molecule has 1 aromatic heterocycles. The molecule has 0 saturated heterocycles. The van der Waals surface area contributed by atoms with E-state index in [-0.39, 0.29) is 0 Å². The second-order valence-electron chi connectivity index (χ2n) is 5.26. The average Bonchev–Trinajstić information content (AvgIpc) is 2.61. The van der Waals surface area contributed by atoms with Gasteiger partial charge < -0.3 is 5.32 Å². The number of hydrogen-bond donors (Lipinski definition) is 1. The van der Waals surface area contributed by atoms with Gasteiger partial charge >= 0.3 is 0 Å². The van der Waals surface area contributed by atoms with Gasteiger partial charge in [0.25, 0.3) is 0 Å². The van der Waals surface area contributed by atoms with Crippen molar-refractivity contribution in [3.8, 4) is 0 Å². The van der Waals surface area contributed by atoms with Crippen molar-refractivity contribution in [3.63, 3.8) is 0 Å². The van der Waals surface area contributed by atoms with Crippen LogP contribution < -0.4 is 5.32 Å². The fourth-order valence-electron chi connectivity index (χ4n) is 1.61. The van der Waals surface area contributed by atoms with E-state index in [1.54, 1.807) is 11.3 Å². The van der Waals surface area contributed by atoms with Gasteiger partial charge in [-0.1, -0.05) is 27.7 Å². The predicted molar refractivity (Wildman–Crippen MR) is 72.1 cm³/mol. The Hall–Kier alpha value is -0.410. The normalized spacial score (nSPS) is 15.4. The van der Waals surface area contributed by atoms with Crippen LogP contribution in [0.1, 0.15) is 44.8 Å².